The average Bonchev–Trinajstić information content (AvgIpc) is 2.52. The van der Waals surface area contributed by atoms with Crippen LogP contribution in [-0.4, -0.2) is 6.04 Å². The molecule has 1 N–H and O–H groups in total. The Morgan fingerprint density at radius 1 is 1.15 bits per heavy atom. The van der Waals surface area contributed by atoms with Crippen molar-refractivity contribution in [3.05, 3.63) is 35.4 Å². The third-order valence-electron chi connectivity index (χ3n) is 5.15. The highest BCUT2D eigenvalue weighted by Crippen LogP contribution is 2.41. The Morgan fingerprint density at radius 3 is 2.65 bits per heavy atom. The summed E-state index contributed by atoms with van der Waals surface area (Å²) in [6.07, 6.45) is 8.45. The van der Waals surface area contributed by atoms with Crippen molar-refractivity contribution in [3.63, 3.8) is 0 Å². The van der Waals surface area contributed by atoms with Crippen LogP contribution in [0, 0.1) is 11.3 Å². The third-order valence-corrected chi connectivity index (χ3v) is 5.15. The van der Waals surface area contributed by atoms with Gasteiger partial charge in [0.25, 0.3) is 0 Å². The molecule has 2 heteroatoms. The summed E-state index contributed by atoms with van der Waals surface area (Å²) in [7, 11) is 0. The van der Waals surface area contributed by atoms with E-state index >= 15 is 0 Å². The Bertz CT molecular complexity index is 510. The van der Waals surface area contributed by atoms with E-state index in [0.717, 1.165) is 12.8 Å². The van der Waals surface area contributed by atoms with E-state index in [-0.39, 0.29) is 0 Å². The molecule has 2 nitrogen and oxygen atoms in total. The lowest BCUT2D eigenvalue weighted by Crippen LogP contribution is -2.49. The molecule has 2 unspecified atom stereocenters. The van der Waals surface area contributed by atoms with E-state index in [2.05, 4.69) is 42.6 Å². The summed E-state index contributed by atoms with van der Waals surface area (Å²) in [6.45, 7) is 2.28. The first kappa shape index (κ1) is 13.6. The fourth-order valence-corrected chi connectivity index (χ4v) is 3.93. The Labute approximate surface area is 122 Å². The maximum atomic E-state index is 9.89. The van der Waals surface area contributed by atoms with Crippen molar-refractivity contribution >= 4 is 0 Å². The molecule has 1 fully saturated rings. The van der Waals surface area contributed by atoms with Gasteiger partial charge in [0.15, 0.2) is 0 Å². The van der Waals surface area contributed by atoms with Gasteiger partial charge in [-0.1, -0.05) is 50.5 Å². The normalized spacial score (nSPS) is 30.5. The van der Waals surface area contributed by atoms with Gasteiger partial charge in [-0.3, -0.25) is 5.32 Å². The zero-order valence-corrected chi connectivity index (χ0v) is 12.4. The summed E-state index contributed by atoms with van der Waals surface area (Å²) in [6, 6.07) is 11.7. The zero-order valence-electron chi connectivity index (χ0n) is 12.4. The quantitative estimate of drug-likeness (QED) is 0.871. The molecule has 3 rings (SSSR count). The lowest BCUT2D eigenvalue weighted by molar-refractivity contribution is 0.265. The smallest absolute Gasteiger partial charge is 0.132 e. The Kier molecular flexibility index (Phi) is 3.81. The van der Waals surface area contributed by atoms with Gasteiger partial charge in [0.2, 0.25) is 0 Å². The first-order valence-corrected chi connectivity index (χ1v) is 8.03. The fourth-order valence-electron chi connectivity index (χ4n) is 3.93. The van der Waals surface area contributed by atoms with E-state index in [1.54, 1.807) is 0 Å². The summed E-state index contributed by atoms with van der Waals surface area (Å²) < 4.78 is 0. The first-order valence-electron chi connectivity index (χ1n) is 8.03. The van der Waals surface area contributed by atoms with Crippen molar-refractivity contribution in [2.45, 2.75) is 69.4 Å². The lowest BCUT2D eigenvalue weighted by atomic mass is 9.72. The molecular formula is C18H24N2. The van der Waals surface area contributed by atoms with Crippen molar-refractivity contribution < 1.29 is 0 Å². The molecule has 0 bridgehead atoms. The highest BCUT2D eigenvalue weighted by Gasteiger charge is 2.40. The van der Waals surface area contributed by atoms with Gasteiger partial charge < -0.3 is 0 Å². The van der Waals surface area contributed by atoms with E-state index in [4.69, 9.17) is 0 Å². The van der Waals surface area contributed by atoms with Gasteiger partial charge in [0.1, 0.15) is 5.54 Å². The van der Waals surface area contributed by atoms with Crippen molar-refractivity contribution in [1.82, 2.24) is 5.32 Å². The number of hydrogen-bond donors (Lipinski definition) is 1. The summed E-state index contributed by atoms with van der Waals surface area (Å²) in [5.74, 6) is 0.570. The van der Waals surface area contributed by atoms with Gasteiger partial charge in [-0.05, 0) is 42.7 Å². The summed E-state index contributed by atoms with van der Waals surface area (Å²) in [5.41, 5.74) is 2.14. The number of benzene rings is 1. The number of nitrogens with one attached hydrogen (secondary N) is 1. The van der Waals surface area contributed by atoms with Gasteiger partial charge in [-0.15, -0.1) is 0 Å². The largest absolute Gasteiger partial charge is 0.293 e. The van der Waals surface area contributed by atoms with Gasteiger partial charge in [-0.25, -0.2) is 0 Å². The molecule has 20 heavy (non-hydrogen) atoms. The molecule has 1 aromatic rings. The molecule has 0 radical (unpaired) electrons. The molecule has 106 valence electrons. The van der Waals surface area contributed by atoms with Gasteiger partial charge in [0.05, 0.1) is 6.07 Å². The minimum absolute atomic E-state index is 0.453. The second-order valence-corrected chi connectivity index (χ2v) is 6.52. The monoisotopic (exact) mass is 268 g/mol. The molecule has 1 saturated carbocycles. The first-order chi connectivity index (χ1) is 9.75. The highest BCUT2D eigenvalue weighted by atomic mass is 15.0. The highest BCUT2D eigenvalue weighted by molar-refractivity contribution is 5.43. The number of fused-ring (bicyclic) bond motifs is 1. The molecule has 0 heterocycles. The van der Waals surface area contributed by atoms with E-state index in [0.29, 0.717) is 12.0 Å². The molecule has 0 amide bonds. The van der Waals surface area contributed by atoms with Crippen LogP contribution >= 0.6 is 0 Å². The van der Waals surface area contributed by atoms with Crippen LogP contribution in [0.15, 0.2) is 24.3 Å². The number of hydrogen-bond acceptors (Lipinski definition) is 2. The zero-order chi connectivity index (χ0) is 14.0. The second kappa shape index (κ2) is 5.58. The van der Waals surface area contributed by atoms with Crippen molar-refractivity contribution in [1.29, 1.82) is 5.26 Å². The van der Waals surface area contributed by atoms with E-state index in [1.807, 2.05) is 0 Å². The lowest BCUT2D eigenvalue weighted by Gasteiger charge is -2.40. The van der Waals surface area contributed by atoms with E-state index in [9.17, 15) is 5.26 Å². The molecule has 2 aliphatic carbocycles. The molecule has 0 saturated heterocycles. The van der Waals surface area contributed by atoms with Crippen LogP contribution in [0.2, 0.25) is 0 Å². The number of nitriles is 1. The van der Waals surface area contributed by atoms with Crippen LogP contribution in [0.25, 0.3) is 0 Å². The van der Waals surface area contributed by atoms with Crippen LogP contribution in [0.4, 0.5) is 0 Å². The van der Waals surface area contributed by atoms with Crippen LogP contribution in [-0.2, 0) is 5.54 Å². The minimum atomic E-state index is -0.453. The predicted molar refractivity (Wildman–Crippen MR) is 81.4 cm³/mol. The number of rotatable bonds is 2. The molecule has 0 spiro atoms. The minimum Gasteiger partial charge on any atom is -0.293 e. The Hall–Kier alpha value is -1.33. The van der Waals surface area contributed by atoms with Crippen LogP contribution in [0.5, 0.6) is 0 Å². The topological polar surface area (TPSA) is 35.8 Å². The summed E-state index contributed by atoms with van der Waals surface area (Å²) in [4.78, 5) is 0. The second-order valence-electron chi connectivity index (χ2n) is 6.52. The Balaban J connectivity index is 1.92. The fraction of sp³-hybridized carbons (Fsp3) is 0.611. The van der Waals surface area contributed by atoms with Crippen molar-refractivity contribution in [2.75, 3.05) is 0 Å². The Morgan fingerprint density at radius 2 is 1.90 bits per heavy atom. The molecule has 1 aromatic carbocycles. The van der Waals surface area contributed by atoms with E-state index < -0.39 is 5.54 Å². The standard InChI is InChI=1S/C18H24N2/c1-14-11-12-18(13-19,17-10-6-5-9-16(14)17)20-15-7-3-2-4-8-15/h5-6,9-10,14-15,20H,2-4,7-8,11-12H2,1H3. The molecule has 2 atom stereocenters. The molecular weight excluding hydrogens is 244 g/mol. The summed E-state index contributed by atoms with van der Waals surface area (Å²) in [5, 5.41) is 13.6. The van der Waals surface area contributed by atoms with Gasteiger partial charge in [0, 0.05) is 6.04 Å². The maximum Gasteiger partial charge on any atom is 0.132 e. The third kappa shape index (κ3) is 2.36. The van der Waals surface area contributed by atoms with Gasteiger partial charge >= 0.3 is 0 Å². The molecule has 2 aliphatic rings. The van der Waals surface area contributed by atoms with Crippen LogP contribution in [0.3, 0.4) is 0 Å². The molecule has 0 aromatic heterocycles. The SMILES string of the molecule is CC1CCC(C#N)(NC2CCCCC2)c2ccccc21. The van der Waals surface area contributed by atoms with Gasteiger partial charge in [-0.2, -0.15) is 5.26 Å². The van der Waals surface area contributed by atoms with E-state index in [1.165, 1.54) is 43.2 Å². The molecule has 0 aliphatic heterocycles. The predicted octanol–water partition coefficient (Wildman–Crippen LogP) is 4.23. The van der Waals surface area contributed by atoms with Crippen molar-refractivity contribution in [3.8, 4) is 6.07 Å². The number of nitrogens with zero attached hydrogens (tertiary/aromatic N) is 1. The maximum absolute atomic E-state index is 9.89. The van der Waals surface area contributed by atoms with Crippen molar-refractivity contribution in [2.24, 2.45) is 0 Å². The van der Waals surface area contributed by atoms with Crippen LogP contribution < -0.4 is 5.32 Å². The average molecular weight is 268 g/mol. The summed E-state index contributed by atoms with van der Waals surface area (Å²) >= 11 is 0. The van der Waals surface area contributed by atoms with Crippen LogP contribution in [0.1, 0.15) is 68.9 Å².